The van der Waals surface area contributed by atoms with Crippen molar-refractivity contribution in [3.8, 4) is 6.07 Å². The van der Waals surface area contributed by atoms with Gasteiger partial charge in [-0.25, -0.2) is 0 Å². The van der Waals surface area contributed by atoms with Crippen molar-refractivity contribution >= 4 is 23.3 Å². The number of aryl methyl sites for hydroxylation is 3. The van der Waals surface area contributed by atoms with E-state index in [-0.39, 0.29) is 12.3 Å². The summed E-state index contributed by atoms with van der Waals surface area (Å²) in [6.45, 7) is 4.10. The zero-order valence-corrected chi connectivity index (χ0v) is 12.8. The van der Waals surface area contributed by atoms with Gasteiger partial charge in [0.05, 0.1) is 29.2 Å². The third kappa shape index (κ3) is 3.06. The van der Waals surface area contributed by atoms with E-state index in [4.69, 9.17) is 16.9 Å². The number of anilines is 1. The number of amides is 1. The molecule has 0 radical (unpaired) electrons. The third-order valence-corrected chi connectivity index (χ3v) is 3.71. The van der Waals surface area contributed by atoms with E-state index >= 15 is 0 Å². The topological polar surface area (TPSA) is 88.5 Å². The van der Waals surface area contributed by atoms with Gasteiger partial charge < -0.3 is 5.32 Å². The molecule has 2 rings (SSSR count). The summed E-state index contributed by atoms with van der Waals surface area (Å²) in [7, 11) is 1.66. The minimum Gasteiger partial charge on any atom is -0.310 e. The van der Waals surface area contributed by atoms with Crippen LogP contribution in [0.4, 0.5) is 5.82 Å². The molecule has 0 aliphatic rings. The molecule has 8 heteroatoms. The van der Waals surface area contributed by atoms with E-state index in [9.17, 15) is 4.79 Å². The molecule has 2 heterocycles. The van der Waals surface area contributed by atoms with Crippen LogP contribution in [-0.4, -0.2) is 25.5 Å². The van der Waals surface area contributed by atoms with Gasteiger partial charge in [-0.15, -0.1) is 0 Å². The second kappa shape index (κ2) is 5.97. The molecule has 0 saturated heterocycles. The summed E-state index contributed by atoms with van der Waals surface area (Å²) in [6.07, 6.45) is 1.64. The number of nitrogens with one attached hydrogen (secondary N) is 1. The van der Waals surface area contributed by atoms with E-state index < -0.39 is 0 Å². The van der Waals surface area contributed by atoms with Gasteiger partial charge in [-0.05, 0) is 13.8 Å². The second-order valence-electron chi connectivity index (χ2n) is 4.65. The van der Waals surface area contributed by atoms with Crippen LogP contribution in [0.5, 0.6) is 0 Å². The Balaban J connectivity index is 2.01. The smallest absolute Gasteiger partial charge is 0.227 e. The Labute approximate surface area is 127 Å². The van der Waals surface area contributed by atoms with Crippen LogP contribution in [0, 0.1) is 25.2 Å². The van der Waals surface area contributed by atoms with Crippen LogP contribution in [-0.2, 0) is 18.4 Å². The minimum atomic E-state index is -0.209. The van der Waals surface area contributed by atoms with Crippen LogP contribution in [0.25, 0.3) is 0 Å². The van der Waals surface area contributed by atoms with Crippen molar-refractivity contribution in [2.45, 2.75) is 26.8 Å². The molecule has 0 aromatic carbocycles. The number of nitrogens with zero attached hydrogens (tertiary/aromatic N) is 5. The van der Waals surface area contributed by atoms with E-state index in [0.29, 0.717) is 22.9 Å². The van der Waals surface area contributed by atoms with Gasteiger partial charge in [0, 0.05) is 13.5 Å². The maximum absolute atomic E-state index is 12.0. The molecular weight excluding hydrogens is 292 g/mol. The summed E-state index contributed by atoms with van der Waals surface area (Å²) in [5, 5.41) is 20.4. The lowest BCUT2D eigenvalue weighted by Gasteiger charge is -2.07. The summed E-state index contributed by atoms with van der Waals surface area (Å²) in [5.74, 6) is 0.188. The molecule has 7 nitrogen and oxygen atoms in total. The summed E-state index contributed by atoms with van der Waals surface area (Å²) in [4.78, 5) is 12.0. The Morgan fingerprint density at radius 3 is 2.81 bits per heavy atom. The van der Waals surface area contributed by atoms with Crippen molar-refractivity contribution in [3.63, 3.8) is 0 Å². The first-order valence-electron chi connectivity index (χ1n) is 6.35. The van der Waals surface area contributed by atoms with Gasteiger partial charge in [0.25, 0.3) is 0 Å². The predicted molar refractivity (Wildman–Crippen MR) is 77.9 cm³/mol. The molecule has 110 valence electrons. The van der Waals surface area contributed by atoms with Crippen LogP contribution in [0.1, 0.15) is 23.4 Å². The van der Waals surface area contributed by atoms with Gasteiger partial charge in [-0.3, -0.25) is 14.2 Å². The van der Waals surface area contributed by atoms with Crippen LogP contribution in [0.15, 0.2) is 6.20 Å². The SMILES string of the molecule is Cc1nn(CCC(=O)Nc2c(C#N)cnn2C)c(C)c1Cl. The van der Waals surface area contributed by atoms with Crippen molar-refractivity contribution in [2.75, 3.05) is 5.32 Å². The predicted octanol–water partition coefficient (Wildman–Crippen LogP) is 1.79. The fraction of sp³-hybridized carbons (Fsp3) is 0.385. The molecule has 1 amide bonds. The fourth-order valence-corrected chi connectivity index (χ4v) is 2.10. The molecule has 0 fully saturated rings. The highest BCUT2D eigenvalue weighted by Crippen LogP contribution is 2.19. The molecule has 0 bridgehead atoms. The Bertz CT molecular complexity index is 724. The number of carbonyl (C=O) groups excluding carboxylic acids is 1. The van der Waals surface area contributed by atoms with Gasteiger partial charge >= 0.3 is 0 Å². The second-order valence-corrected chi connectivity index (χ2v) is 5.03. The number of rotatable bonds is 4. The van der Waals surface area contributed by atoms with E-state index in [1.165, 1.54) is 10.9 Å². The lowest BCUT2D eigenvalue weighted by molar-refractivity contribution is -0.116. The number of aromatic nitrogens is 4. The Kier molecular flexibility index (Phi) is 4.29. The molecular formula is C13H15ClN6O. The van der Waals surface area contributed by atoms with Crippen LogP contribution >= 0.6 is 11.6 Å². The van der Waals surface area contributed by atoms with Crippen LogP contribution in [0.3, 0.4) is 0 Å². The third-order valence-electron chi connectivity index (χ3n) is 3.16. The van der Waals surface area contributed by atoms with Crippen molar-refractivity contribution in [2.24, 2.45) is 7.05 Å². The monoisotopic (exact) mass is 306 g/mol. The van der Waals surface area contributed by atoms with E-state index in [1.807, 2.05) is 19.9 Å². The minimum absolute atomic E-state index is 0.209. The molecule has 0 unspecified atom stereocenters. The van der Waals surface area contributed by atoms with Gasteiger partial charge in [0.15, 0.2) is 0 Å². The molecule has 1 N–H and O–H groups in total. The van der Waals surface area contributed by atoms with Crippen molar-refractivity contribution in [3.05, 3.63) is 28.2 Å². The van der Waals surface area contributed by atoms with E-state index in [0.717, 1.165) is 11.4 Å². The summed E-state index contributed by atoms with van der Waals surface area (Å²) >= 11 is 6.06. The molecule has 2 aromatic rings. The zero-order chi connectivity index (χ0) is 15.6. The first-order chi connectivity index (χ1) is 9.93. The van der Waals surface area contributed by atoms with Gasteiger partial charge in [-0.2, -0.15) is 15.5 Å². The molecule has 2 aromatic heterocycles. The largest absolute Gasteiger partial charge is 0.310 e. The van der Waals surface area contributed by atoms with Gasteiger partial charge in [-0.1, -0.05) is 11.6 Å². The zero-order valence-electron chi connectivity index (χ0n) is 12.0. The average molecular weight is 307 g/mol. The summed E-state index contributed by atoms with van der Waals surface area (Å²) in [6, 6.07) is 1.98. The molecule has 0 saturated carbocycles. The Morgan fingerprint density at radius 1 is 1.52 bits per heavy atom. The summed E-state index contributed by atoms with van der Waals surface area (Å²) < 4.78 is 3.16. The highest BCUT2D eigenvalue weighted by atomic mass is 35.5. The van der Waals surface area contributed by atoms with Gasteiger partial charge in [0.1, 0.15) is 17.5 Å². The number of carbonyl (C=O) groups is 1. The normalized spacial score (nSPS) is 10.4. The van der Waals surface area contributed by atoms with Crippen molar-refractivity contribution in [1.82, 2.24) is 19.6 Å². The number of nitriles is 1. The maximum atomic E-state index is 12.0. The molecule has 21 heavy (non-hydrogen) atoms. The van der Waals surface area contributed by atoms with Gasteiger partial charge in [0.2, 0.25) is 5.91 Å². The quantitative estimate of drug-likeness (QED) is 0.932. The number of hydrogen-bond acceptors (Lipinski definition) is 4. The van der Waals surface area contributed by atoms with Crippen LogP contribution < -0.4 is 5.32 Å². The Morgan fingerprint density at radius 2 is 2.24 bits per heavy atom. The van der Waals surface area contributed by atoms with Crippen LogP contribution in [0.2, 0.25) is 5.02 Å². The fourth-order valence-electron chi connectivity index (χ4n) is 1.96. The average Bonchev–Trinajstić information content (AvgIpc) is 2.92. The highest BCUT2D eigenvalue weighted by Gasteiger charge is 2.13. The standard InChI is InChI=1S/C13H15ClN6O/c1-8-12(14)9(2)20(18-8)5-4-11(21)17-13-10(6-15)7-16-19(13)3/h7H,4-5H2,1-3H3,(H,17,21). The highest BCUT2D eigenvalue weighted by molar-refractivity contribution is 6.31. The number of halogens is 1. The molecule has 0 atom stereocenters. The van der Waals surface area contributed by atoms with E-state index in [1.54, 1.807) is 11.7 Å². The Hall–Kier alpha value is -2.33. The molecule has 0 spiro atoms. The van der Waals surface area contributed by atoms with E-state index in [2.05, 4.69) is 15.5 Å². The molecule has 0 aliphatic carbocycles. The lowest BCUT2D eigenvalue weighted by atomic mass is 10.3. The maximum Gasteiger partial charge on any atom is 0.227 e. The first-order valence-corrected chi connectivity index (χ1v) is 6.73. The lowest BCUT2D eigenvalue weighted by Crippen LogP contribution is -2.18. The summed E-state index contributed by atoms with van der Waals surface area (Å²) in [5.41, 5.74) is 1.91. The molecule has 0 aliphatic heterocycles. The number of hydrogen-bond donors (Lipinski definition) is 1. The van der Waals surface area contributed by atoms with Crippen molar-refractivity contribution < 1.29 is 4.79 Å². The first kappa shape index (κ1) is 15.1. The van der Waals surface area contributed by atoms with Crippen molar-refractivity contribution in [1.29, 1.82) is 5.26 Å².